The molecule has 1 fully saturated rings. The number of piperidine rings is 1. The van der Waals surface area contributed by atoms with Crippen molar-refractivity contribution < 1.29 is 9.53 Å². The molecule has 2 N–H and O–H groups in total. The number of likely N-dealkylation sites (tertiary alicyclic amines) is 1. The van der Waals surface area contributed by atoms with Crippen LogP contribution in [0.3, 0.4) is 0 Å². The van der Waals surface area contributed by atoms with Gasteiger partial charge in [-0.15, -0.1) is 0 Å². The van der Waals surface area contributed by atoms with Crippen LogP contribution in [0.5, 0.6) is 11.5 Å². The van der Waals surface area contributed by atoms with Crippen molar-refractivity contribution in [3.63, 3.8) is 0 Å². The summed E-state index contributed by atoms with van der Waals surface area (Å²) in [6.45, 7) is 2.55. The van der Waals surface area contributed by atoms with Crippen molar-refractivity contribution in [3.8, 4) is 11.5 Å². The van der Waals surface area contributed by atoms with E-state index in [9.17, 15) is 4.79 Å². The molecule has 1 amide bonds. The first-order valence-corrected chi connectivity index (χ1v) is 10.2. The molecule has 1 saturated heterocycles. The topological polar surface area (TPSA) is 66.0 Å². The molecule has 6 heteroatoms. The molecule has 0 radical (unpaired) electrons. The van der Waals surface area contributed by atoms with Gasteiger partial charge in [-0.05, 0) is 48.6 Å². The van der Waals surface area contributed by atoms with Crippen LogP contribution in [0.15, 0.2) is 59.6 Å². The van der Waals surface area contributed by atoms with Crippen molar-refractivity contribution in [3.05, 3.63) is 60.2 Å². The minimum atomic E-state index is 0.130. The Hall–Kier alpha value is -3.02. The molecule has 0 unspecified atom stereocenters. The van der Waals surface area contributed by atoms with Crippen LogP contribution in [0.4, 0.5) is 0 Å². The molecule has 0 aromatic heterocycles. The van der Waals surface area contributed by atoms with Gasteiger partial charge in [0.1, 0.15) is 11.5 Å². The van der Waals surface area contributed by atoms with Crippen molar-refractivity contribution in [2.45, 2.75) is 25.8 Å². The summed E-state index contributed by atoms with van der Waals surface area (Å²) in [6, 6.07) is 17.9. The van der Waals surface area contributed by atoms with Gasteiger partial charge < -0.3 is 20.3 Å². The molecule has 2 aromatic rings. The van der Waals surface area contributed by atoms with Crippen LogP contribution < -0.4 is 15.4 Å². The fraction of sp³-hybridized carbons (Fsp3) is 0.391. The van der Waals surface area contributed by atoms with E-state index in [-0.39, 0.29) is 5.91 Å². The van der Waals surface area contributed by atoms with Gasteiger partial charge in [-0.3, -0.25) is 9.79 Å². The van der Waals surface area contributed by atoms with Gasteiger partial charge in [0.2, 0.25) is 5.91 Å². The van der Waals surface area contributed by atoms with Gasteiger partial charge in [0.25, 0.3) is 0 Å². The fourth-order valence-corrected chi connectivity index (χ4v) is 3.53. The molecule has 0 saturated carbocycles. The Morgan fingerprint density at radius 3 is 2.34 bits per heavy atom. The second-order valence-electron chi connectivity index (χ2n) is 7.27. The molecule has 0 spiro atoms. The smallest absolute Gasteiger partial charge is 0.220 e. The van der Waals surface area contributed by atoms with Crippen LogP contribution in [0.1, 0.15) is 24.8 Å². The predicted molar refractivity (Wildman–Crippen MR) is 116 cm³/mol. The zero-order valence-corrected chi connectivity index (χ0v) is 17.2. The number of aliphatic imine (C=N–C) groups is 1. The van der Waals surface area contributed by atoms with Gasteiger partial charge >= 0.3 is 0 Å². The number of ether oxygens (including phenoxy) is 1. The third-order valence-electron chi connectivity index (χ3n) is 5.23. The number of benzene rings is 2. The van der Waals surface area contributed by atoms with Gasteiger partial charge in [0.15, 0.2) is 5.96 Å². The standard InChI is InChI=1S/C23H30N4O2/c1-24-22(28)16-18-12-14-27(15-13-18)23(25-2)26-17-19-8-10-21(11-9-19)29-20-6-4-3-5-7-20/h3-11,18H,12-17H2,1-2H3,(H,24,28)(H,25,26). The van der Waals surface area contributed by atoms with Crippen molar-refractivity contribution in [1.29, 1.82) is 0 Å². The number of hydrogen-bond acceptors (Lipinski definition) is 3. The first-order chi connectivity index (χ1) is 14.2. The van der Waals surface area contributed by atoms with Crippen molar-refractivity contribution in [2.75, 3.05) is 27.2 Å². The van der Waals surface area contributed by atoms with E-state index in [1.54, 1.807) is 7.05 Å². The number of carbonyl (C=O) groups is 1. The Morgan fingerprint density at radius 1 is 1.07 bits per heavy atom. The summed E-state index contributed by atoms with van der Waals surface area (Å²) >= 11 is 0. The zero-order valence-electron chi connectivity index (χ0n) is 17.2. The van der Waals surface area contributed by atoms with E-state index < -0.39 is 0 Å². The van der Waals surface area contributed by atoms with E-state index in [0.717, 1.165) is 43.4 Å². The molecule has 29 heavy (non-hydrogen) atoms. The Bertz CT molecular complexity index is 797. The minimum absolute atomic E-state index is 0.130. The molecule has 0 atom stereocenters. The summed E-state index contributed by atoms with van der Waals surface area (Å²) in [4.78, 5) is 18.3. The SMILES string of the molecule is CN=C(NCc1ccc(Oc2ccccc2)cc1)N1CCC(CC(=O)NC)CC1. The number of guanidine groups is 1. The van der Waals surface area contributed by atoms with Gasteiger partial charge in [-0.25, -0.2) is 0 Å². The van der Waals surface area contributed by atoms with Crippen LogP contribution in [0.25, 0.3) is 0 Å². The second-order valence-corrected chi connectivity index (χ2v) is 7.27. The average Bonchev–Trinajstić information content (AvgIpc) is 2.77. The van der Waals surface area contributed by atoms with Gasteiger partial charge in [-0.2, -0.15) is 0 Å². The lowest BCUT2D eigenvalue weighted by Gasteiger charge is -2.34. The Labute approximate surface area is 173 Å². The van der Waals surface area contributed by atoms with Crippen LogP contribution in [0, 0.1) is 5.92 Å². The third-order valence-corrected chi connectivity index (χ3v) is 5.23. The molecule has 1 aliphatic heterocycles. The highest BCUT2D eigenvalue weighted by Gasteiger charge is 2.22. The summed E-state index contributed by atoms with van der Waals surface area (Å²) in [5.74, 6) is 3.15. The monoisotopic (exact) mass is 394 g/mol. The minimum Gasteiger partial charge on any atom is -0.457 e. The Balaban J connectivity index is 1.46. The zero-order chi connectivity index (χ0) is 20.5. The maximum atomic E-state index is 11.6. The summed E-state index contributed by atoms with van der Waals surface area (Å²) in [5.41, 5.74) is 1.17. The Morgan fingerprint density at radius 2 is 1.72 bits per heavy atom. The Kier molecular flexibility index (Phi) is 7.50. The van der Waals surface area contributed by atoms with E-state index >= 15 is 0 Å². The highest BCUT2D eigenvalue weighted by Crippen LogP contribution is 2.22. The third kappa shape index (κ3) is 6.24. The molecule has 6 nitrogen and oxygen atoms in total. The van der Waals surface area contributed by atoms with E-state index in [2.05, 4.69) is 32.7 Å². The van der Waals surface area contributed by atoms with Crippen molar-refractivity contribution in [2.24, 2.45) is 10.9 Å². The summed E-state index contributed by atoms with van der Waals surface area (Å²) in [6.07, 6.45) is 2.65. The fourth-order valence-electron chi connectivity index (χ4n) is 3.53. The highest BCUT2D eigenvalue weighted by atomic mass is 16.5. The number of nitrogens with one attached hydrogen (secondary N) is 2. The summed E-state index contributed by atoms with van der Waals surface area (Å²) < 4.78 is 5.84. The number of rotatable bonds is 6. The van der Waals surface area contributed by atoms with Crippen LogP contribution in [-0.2, 0) is 11.3 Å². The highest BCUT2D eigenvalue weighted by molar-refractivity contribution is 5.80. The maximum Gasteiger partial charge on any atom is 0.220 e. The normalized spacial score (nSPS) is 15.1. The maximum absolute atomic E-state index is 11.6. The lowest BCUT2D eigenvalue weighted by atomic mass is 9.93. The number of nitrogens with zero attached hydrogens (tertiary/aromatic N) is 2. The predicted octanol–water partition coefficient (Wildman–Crippen LogP) is 3.40. The molecular formula is C23H30N4O2. The van der Waals surface area contributed by atoms with Gasteiger partial charge in [-0.1, -0.05) is 30.3 Å². The first-order valence-electron chi connectivity index (χ1n) is 10.2. The van der Waals surface area contributed by atoms with E-state index in [1.165, 1.54) is 5.56 Å². The molecule has 1 heterocycles. The van der Waals surface area contributed by atoms with Crippen molar-refractivity contribution in [1.82, 2.24) is 15.5 Å². The molecule has 0 aliphatic carbocycles. The van der Waals surface area contributed by atoms with E-state index in [4.69, 9.17) is 4.74 Å². The molecule has 3 rings (SSSR count). The number of hydrogen-bond donors (Lipinski definition) is 2. The molecule has 1 aliphatic rings. The van der Waals surface area contributed by atoms with Crippen molar-refractivity contribution >= 4 is 11.9 Å². The van der Waals surface area contributed by atoms with E-state index in [0.29, 0.717) is 18.9 Å². The lowest BCUT2D eigenvalue weighted by Crippen LogP contribution is -2.45. The largest absolute Gasteiger partial charge is 0.457 e. The molecule has 154 valence electrons. The molecular weight excluding hydrogens is 364 g/mol. The molecule has 2 aromatic carbocycles. The summed E-state index contributed by atoms with van der Waals surface area (Å²) in [7, 11) is 3.51. The lowest BCUT2D eigenvalue weighted by molar-refractivity contribution is -0.121. The van der Waals surface area contributed by atoms with E-state index in [1.807, 2.05) is 49.5 Å². The average molecular weight is 395 g/mol. The van der Waals surface area contributed by atoms with Crippen LogP contribution in [0.2, 0.25) is 0 Å². The van der Waals surface area contributed by atoms with Gasteiger partial charge in [0.05, 0.1) is 0 Å². The van der Waals surface area contributed by atoms with Crippen LogP contribution >= 0.6 is 0 Å². The number of carbonyl (C=O) groups excluding carboxylic acids is 1. The second kappa shape index (κ2) is 10.5. The number of para-hydroxylation sites is 1. The number of amides is 1. The van der Waals surface area contributed by atoms with Crippen LogP contribution in [-0.4, -0.2) is 44.0 Å². The van der Waals surface area contributed by atoms with Gasteiger partial charge in [0, 0.05) is 40.2 Å². The first kappa shape index (κ1) is 20.7. The molecule has 0 bridgehead atoms. The summed E-state index contributed by atoms with van der Waals surface area (Å²) in [5, 5.41) is 6.16. The quantitative estimate of drug-likeness (QED) is 0.582.